The Balaban J connectivity index is 1.56. The van der Waals surface area contributed by atoms with Crippen LogP contribution in [0.15, 0.2) is 18.2 Å². The standard InChI is InChI=1S/C15H18F2N2O/c16-10-1-4-13(14(17)9-10)15(20)18-11-5-7-19(8-6-11)12-2-3-12/h1,4,9,11-12H,2-3,5-8H2,(H,18,20). The van der Waals surface area contributed by atoms with Crippen molar-refractivity contribution in [3.8, 4) is 0 Å². The molecule has 1 saturated heterocycles. The van der Waals surface area contributed by atoms with Gasteiger partial charge in [0.2, 0.25) is 0 Å². The Morgan fingerprint density at radius 2 is 1.85 bits per heavy atom. The van der Waals surface area contributed by atoms with Crippen LogP contribution < -0.4 is 5.32 Å². The van der Waals surface area contributed by atoms with Gasteiger partial charge in [-0.25, -0.2) is 8.78 Å². The van der Waals surface area contributed by atoms with Crippen molar-refractivity contribution in [2.75, 3.05) is 13.1 Å². The normalized spacial score (nSPS) is 20.9. The number of amides is 1. The highest BCUT2D eigenvalue weighted by Crippen LogP contribution is 2.29. The van der Waals surface area contributed by atoms with Crippen molar-refractivity contribution in [1.29, 1.82) is 0 Å². The Labute approximate surface area is 117 Å². The minimum Gasteiger partial charge on any atom is -0.349 e. The summed E-state index contributed by atoms with van der Waals surface area (Å²) in [6.45, 7) is 1.98. The van der Waals surface area contributed by atoms with Crippen molar-refractivity contribution in [1.82, 2.24) is 10.2 Å². The molecular weight excluding hydrogens is 262 g/mol. The zero-order chi connectivity index (χ0) is 14.1. The van der Waals surface area contributed by atoms with E-state index >= 15 is 0 Å². The number of piperidine rings is 1. The Kier molecular flexibility index (Phi) is 3.70. The molecular formula is C15H18F2N2O. The quantitative estimate of drug-likeness (QED) is 0.921. The number of nitrogens with one attached hydrogen (secondary N) is 1. The molecule has 0 aromatic heterocycles. The van der Waals surface area contributed by atoms with Crippen LogP contribution in [0.5, 0.6) is 0 Å². The first-order valence-electron chi connectivity index (χ1n) is 7.13. The molecule has 1 aromatic rings. The third-order valence-electron chi connectivity index (χ3n) is 4.10. The molecule has 0 bridgehead atoms. The fraction of sp³-hybridized carbons (Fsp3) is 0.533. The number of carbonyl (C=O) groups is 1. The summed E-state index contributed by atoms with van der Waals surface area (Å²) in [7, 11) is 0. The third-order valence-corrected chi connectivity index (χ3v) is 4.10. The molecule has 108 valence electrons. The summed E-state index contributed by atoms with van der Waals surface area (Å²) in [6, 6.07) is 3.88. The van der Waals surface area contributed by atoms with Crippen LogP contribution in [0.2, 0.25) is 0 Å². The molecule has 2 aliphatic rings. The summed E-state index contributed by atoms with van der Waals surface area (Å²) in [6.07, 6.45) is 4.37. The molecule has 3 rings (SSSR count). The maximum absolute atomic E-state index is 13.5. The van der Waals surface area contributed by atoms with Gasteiger partial charge < -0.3 is 10.2 Å². The lowest BCUT2D eigenvalue weighted by molar-refractivity contribution is 0.0905. The fourth-order valence-electron chi connectivity index (χ4n) is 2.79. The Bertz CT molecular complexity index is 509. The number of carbonyl (C=O) groups excluding carboxylic acids is 1. The van der Waals surface area contributed by atoms with Crippen molar-refractivity contribution >= 4 is 5.91 Å². The smallest absolute Gasteiger partial charge is 0.254 e. The van der Waals surface area contributed by atoms with Crippen molar-refractivity contribution in [3.63, 3.8) is 0 Å². The van der Waals surface area contributed by atoms with Gasteiger partial charge in [-0.05, 0) is 37.8 Å². The van der Waals surface area contributed by atoms with E-state index in [9.17, 15) is 13.6 Å². The van der Waals surface area contributed by atoms with Crippen molar-refractivity contribution in [3.05, 3.63) is 35.4 Å². The average Bonchev–Trinajstić information content (AvgIpc) is 3.23. The van der Waals surface area contributed by atoms with Gasteiger partial charge in [0.1, 0.15) is 11.6 Å². The lowest BCUT2D eigenvalue weighted by Crippen LogP contribution is -2.45. The van der Waals surface area contributed by atoms with E-state index in [-0.39, 0.29) is 11.6 Å². The van der Waals surface area contributed by atoms with Crippen molar-refractivity contribution in [2.24, 2.45) is 0 Å². The van der Waals surface area contributed by atoms with Crippen LogP contribution in [0.25, 0.3) is 0 Å². The number of hydrogen-bond donors (Lipinski definition) is 1. The van der Waals surface area contributed by atoms with E-state index in [1.165, 1.54) is 18.9 Å². The molecule has 1 saturated carbocycles. The molecule has 2 fully saturated rings. The minimum atomic E-state index is -0.807. The number of benzene rings is 1. The lowest BCUT2D eigenvalue weighted by Gasteiger charge is -2.32. The van der Waals surface area contributed by atoms with Crippen LogP contribution in [0.4, 0.5) is 8.78 Å². The summed E-state index contributed by atoms with van der Waals surface area (Å²) in [4.78, 5) is 14.4. The Hall–Kier alpha value is -1.49. The van der Waals surface area contributed by atoms with Crippen LogP contribution in [-0.4, -0.2) is 36.0 Å². The summed E-state index contributed by atoms with van der Waals surface area (Å²) >= 11 is 0. The first kappa shape index (κ1) is 13.5. The van der Waals surface area contributed by atoms with Gasteiger partial charge in [0.25, 0.3) is 5.91 Å². The maximum Gasteiger partial charge on any atom is 0.254 e. The largest absolute Gasteiger partial charge is 0.349 e. The van der Waals surface area contributed by atoms with Gasteiger partial charge in [0, 0.05) is 31.2 Å². The second-order valence-corrected chi connectivity index (χ2v) is 5.64. The monoisotopic (exact) mass is 280 g/mol. The number of nitrogens with zero attached hydrogens (tertiary/aromatic N) is 1. The second kappa shape index (κ2) is 5.48. The van der Waals surface area contributed by atoms with E-state index in [2.05, 4.69) is 10.2 Å². The Morgan fingerprint density at radius 3 is 2.45 bits per heavy atom. The first-order chi connectivity index (χ1) is 9.63. The van der Waals surface area contributed by atoms with E-state index in [0.717, 1.165) is 44.1 Å². The summed E-state index contributed by atoms with van der Waals surface area (Å²) < 4.78 is 26.3. The molecule has 0 unspecified atom stereocenters. The summed E-state index contributed by atoms with van der Waals surface area (Å²) in [5.74, 6) is -1.93. The summed E-state index contributed by atoms with van der Waals surface area (Å²) in [5, 5.41) is 2.85. The molecule has 3 nitrogen and oxygen atoms in total. The molecule has 20 heavy (non-hydrogen) atoms. The molecule has 1 amide bonds. The molecule has 5 heteroatoms. The number of hydrogen-bond acceptors (Lipinski definition) is 2. The molecule has 1 aromatic carbocycles. The van der Waals surface area contributed by atoms with Crippen molar-refractivity contribution in [2.45, 2.75) is 37.8 Å². The van der Waals surface area contributed by atoms with Gasteiger partial charge in [-0.3, -0.25) is 4.79 Å². The van der Waals surface area contributed by atoms with E-state index in [0.29, 0.717) is 0 Å². The van der Waals surface area contributed by atoms with E-state index < -0.39 is 17.5 Å². The fourth-order valence-corrected chi connectivity index (χ4v) is 2.79. The number of rotatable bonds is 3. The zero-order valence-electron chi connectivity index (χ0n) is 11.2. The highest BCUT2D eigenvalue weighted by molar-refractivity contribution is 5.94. The average molecular weight is 280 g/mol. The molecule has 0 radical (unpaired) electrons. The Morgan fingerprint density at radius 1 is 1.15 bits per heavy atom. The van der Waals surface area contributed by atoms with Gasteiger partial charge in [0.05, 0.1) is 5.56 Å². The highest BCUT2D eigenvalue weighted by Gasteiger charge is 2.32. The first-order valence-corrected chi connectivity index (χ1v) is 7.13. The lowest BCUT2D eigenvalue weighted by atomic mass is 10.0. The molecule has 1 N–H and O–H groups in total. The molecule has 1 aliphatic heterocycles. The van der Waals surface area contributed by atoms with Gasteiger partial charge in [-0.2, -0.15) is 0 Å². The molecule has 0 atom stereocenters. The SMILES string of the molecule is O=C(NC1CCN(C2CC2)CC1)c1ccc(F)cc1F. The third kappa shape index (κ3) is 2.98. The van der Waals surface area contributed by atoms with Gasteiger partial charge >= 0.3 is 0 Å². The van der Waals surface area contributed by atoms with Gasteiger partial charge in [0.15, 0.2) is 0 Å². The van der Waals surface area contributed by atoms with E-state index in [1.54, 1.807) is 0 Å². The van der Waals surface area contributed by atoms with Crippen LogP contribution in [0.1, 0.15) is 36.0 Å². The molecule has 1 aliphatic carbocycles. The second-order valence-electron chi connectivity index (χ2n) is 5.64. The van der Waals surface area contributed by atoms with Crippen LogP contribution in [-0.2, 0) is 0 Å². The number of likely N-dealkylation sites (tertiary alicyclic amines) is 1. The van der Waals surface area contributed by atoms with Crippen LogP contribution >= 0.6 is 0 Å². The summed E-state index contributed by atoms with van der Waals surface area (Å²) in [5.41, 5.74) is -0.0870. The molecule has 1 heterocycles. The van der Waals surface area contributed by atoms with Gasteiger partial charge in [-0.15, -0.1) is 0 Å². The minimum absolute atomic E-state index is 0.0851. The number of halogens is 2. The zero-order valence-corrected chi connectivity index (χ0v) is 11.2. The van der Waals surface area contributed by atoms with E-state index in [4.69, 9.17) is 0 Å². The van der Waals surface area contributed by atoms with Gasteiger partial charge in [-0.1, -0.05) is 0 Å². The maximum atomic E-state index is 13.5. The van der Waals surface area contributed by atoms with Crippen molar-refractivity contribution < 1.29 is 13.6 Å². The topological polar surface area (TPSA) is 32.3 Å². The predicted octanol–water partition coefficient (Wildman–Crippen LogP) is 2.32. The van der Waals surface area contributed by atoms with E-state index in [1.807, 2.05) is 0 Å². The molecule has 0 spiro atoms. The predicted molar refractivity (Wildman–Crippen MR) is 71.4 cm³/mol. The van der Waals surface area contributed by atoms with Crippen LogP contribution in [0, 0.1) is 11.6 Å². The highest BCUT2D eigenvalue weighted by atomic mass is 19.1. The van der Waals surface area contributed by atoms with Crippen LogP contribution in [0.3, 0.4) is 0 Å².